The average Bonchev–Trinajstić information content (AvgIpc) is 3.73. The van der Waals surface area contributed by atoms with Gasteiger partial charge in [-0.3, -0.25) is 9.80 Å². The number of nitrogens with zero attached hydrogens (tertiary/aromatic N) is 4. The van der Waals surface area contributed by atoms with Gasteiger partial charge >= 0.3 is 0 Å². The van der Waals surface area contributed by atoms with Gasteiger partial charge in [0.05, 0.1) is 16.0 Å². The second kappa shape index (κ2) is 15.8. The van der Waals surface area contributed by atoms with E-state index in [4.69, 9.17) is 5.14 Å². The van der Waals surface area contributed by atoms with Crippen LogP contribution in [0.25, 0.3) is 0 Å². The van der Waals surface area contributed by atoms with E-state index < -0.39 is 20.0 Å². The minimum absolute atomic E-state index is 0.0176. The second-order valence-corrected chi connectivity index (χ2v) is 19.5. The largest absolute Gasteiger partial charge is 0.303 e. The topological polar surface area (TPSA) is 119 Å². The molecule has 4 atom stereocenters. The van der Waals surface area contributed by atoms with Crippen molar-refractivity contribution >= 4 is 20.0 Å². The highest BCUT2D eigenvalue weighted by atomic mass is 32.2. The zero-order chi connectivity index (χ0) is 35.8. The monoisotopic (exact) mass is 740 g/mol. The highest BCUT2D eigenvalue weighted by molar-refractivity contribution is 7.89. The summed E-state index contributed by atoms with van der Waals surface area (Å²) in [5.74, 6) is 0.627. The molecule has 3 N–H and O–H groups in total. The number of hydrogen-bond donors (Lipinski definition) is 2. The average molecular weight is 741 g/mol. The molecule has 12 heteroatoms. The molecule has 0 aromatic heterocycles. The van der Waals surface area contributed by atoms with Gasteiger partial charge in [-0.2, -0.15) is 0 Å². The molecule has 1 saturated carbocycles. The Morgan fingerprint density at radius 3 is 2.00 bits per heavy atom. The molecule has 282 valence electrons. The highest BCUT2D eigenvalue weighted by Gasteiger charge is 2.41. The maximum absolute atomic E-state index is 13.9. The number of nitrogens with two attached hydrogens (primary N) is 1. The number of primary sulfonamides is 1. The molecule has 7 rings (SSSR count). The fraction of sp³-hybridized carbons (Fsp3) is 0.692. The Morgan fingerprint density at radius 2 is 1.33 bits per heavy atom. The minimum Gasteiger partial charge on any atom is -0.303 e. The van der Waals surface area contributed by atoms with Crippen molar-refractivity contribution in [1.29, 1.82) is 0 Å². The van der Waals surface area contributed by atoms with Gasteiger partial charge < -0.3 is 9.80 Å². The SMILES string of the molecule is CN1CCC[C@H]1CCNS(=O)(=O)c1ccc2c(c1)C(N1CCc3ccc(S(N)(=O)=O)cc3C1CC[C@@H]1CCCN1C)N(CC1CCCCC1)CC2. The van der Waals surface area contributed by atoms with Gasteiger partial charge in [-0.25, -0.2) is 26.7 Å². The van der Waals surface area contributed by atoms with Crippen LogP contribution < -0.4 is 9.86 Å². The molecule has 10 nitrogen and oxygen atoms in total. The van der Waals surface area contributed by atoms with Crippen molar-refractivity contribution in [3.8, 4) is 0 Å². The molecule has 5 aliphatic rings. The van der Waals surface area contributed by atoms with Crippen molar-refractivity contribution in [2.75, 3.05) is 53.4 Å². The van der Waals surface area contributed by atoms with Crippen molar-refractivity contribution in [2.24, 2.45) is 11.1 Å². The van der Waals surface area contributed by atoms with Crippen LogP contribution in [0.4, 0.5) is 0 Å². The highest BCUT2D eigenvalue weighted by Crippen LogP contribution is 2.45. The van der Waals surface area contributed by atoms with E-state index in [0.717, 1.165) is 82.4 Å². The molecule has 2 unspecified atom stereocenters. The Kier molecular flexibility index (Phi) is 11.6. The lowest BCUT2D eigenvalue weighted by Gasteiger charge is -2.50. The van der Waals surface area contributed by atoms with E-state index >= 15 is 0 Å². The number of hydrogen-bond acceptors (Lipinski definition) is 8. The van der Waals surface area contributed by atoms with Crippen LogP contribution in [0, 0.1) is 5.92 Å². The third-order valence-corrected chi connectivity index (χ3v) is 15.4. The molecule has 3 fully saturated rings. The van der Waals surface area contributed by atoms with E-state index in [-0.39, 0.29) is 17.1 Å². The molecule has 0 spiro atoms. The summed E-state index contributed by atoms with van der Waals surface area (Å²) >= 11 is 0. The lowest BCUT2D eigenvalue weighted by molar-refractivity contribution is -0.0185. The molecule has 2 saturated heterocycles. The molecular weight excluding hydrogens is 681 g/mol. The molecule has 0 bridgehead atoms. The molecule has 4 aliphatic heterocycles. The van der Waals surface area contributed by atoms with Gasteiger partial charge in [0.2, 0.25) is 20.0 Å². The summed E-state index contributed by atoms with van der Waals surface area (Å²) in [6.45, 7) is 5.35. The van der Waals surface area contributed by atoms with Crippen LogP contribution in [-0.4, -0.2) is 102 Å². The Bertz CT molecular complexity index is 1750. The van der Waals surface area contributed by atoms with Gasteiger partial charge in [-0.1, -0.05) is 31.4 Å². The van der Waals surface area contributed by atoms with Crippen LogP contribution in [0.5, 0.6) is 0 Å². The van der Waals surface area contributed by atoms with Crippen LogP contribution in [0.2, 0.25) is 0 Å². The first kappa shape index (κ1) is 37.4. The summed E-state index contributed by atoms with van der Waals surface area (Å²) in [4.78, 5) is 10.5. The third-order valence-electron chi connectivity index (χ3n) is 13.0. The van der Waals surface area contributed by atoms with E-state index in [1.807, 2.05) is 18.2 Å². The zero-order valence-corrected chi connectivity index (χ0v) is 32.4. The predicted octanol–water partition coefficient (Wildman–Crippen LogP) is 5.01. The van der Waals surface area contributed by atoms with Gasteiger partial charge in [-0.05, 0) is 150 Å². The van der Waals surface area contributed by atoms with E-state index in [0.29, 0.717) is 29.4 Å². The van der Waals surface area contributed by atoms with Gasteiger partial charge in [0.1, 0.15) is 0 Å². The Balaban J connectivity index is 1.25. The molecule has 0 amide bonds. The Labute approximate surface area is 307 Å². The summed E-state index contributed by atoms with van der Waals surface area (Å²) in [5, 5.41) is 5.71. The van der Waals surface area contributed by atoms with Crippen molar-refractivity contribution < 1.29 is 16.8 Å². The Morgan fingerprint density at radius 1 is 0.706 bits per heavy atom. The first-order chi connectivity index (χ1) is 24.5. The van der Waals surface area contributed by atoms with E-state index in [1.54, 1.807) is 12.1 Å². The summed E-state index contributed by atoms with van der Waals surface area (Å²) in [7, 11) is -3.23. The van der Waals surface area contributed by atoms with E-state index in [2.05, 4.69) is 44.5 Å². The fourth-order valence-corrected chi connectivity index (χ4v) is 11.7. The van der Waals surface area contributed by atoms with Crippen LogP contribution in [-0.2, 0) is 32.9 Å². The molecular formula is C39H60N6O4S2. The van der Waals surface area contributed by atoms with E-state index in [9.17, 15) is 16.8 Å². The number of benzene rings is 2. The van der Waals surface area contributed by atoms with Crippen molar-refractivity contribution in [1.82, 2.24) is 24.3 Å². The van der Waals surface area contributed by atoms with E-state index in [1.165, 1.54) is 62.5 Å². The van der Waals surface area contributed by atoms with Crippen molar-refractivity contribution in [2.45, 2.75) is 124 Å². The van der Waals surface area contributed by atoms with Crippen LogP contribution >= 0.6 is 0 Å². The lowest BCUT2D eigenvalue weighted by Crippen LogP contribution is -2.50. The third kappa shape index (κ3) is 8.43. The number of sulfonamides is 2. The summed E-state index contributed by atoms with van der Waals surface area (Å²) in [5.41, 5.74) is 4.54. The second-order valence-electron chi connectivity index (χ2n) is 16.2. The molecule has 4 heterocycles. The maximum Gasteiger partial charge on any atom is 0.240 e. The van der Waals surface area contributed by atoms with Gasteiger partial charge in [0.25, 0.3) is 0 Å². The quantitative estimate of drug-likeness (QED) is 0.312. The van der Waals surface area contributed by atoms with Gasteiger partial charge in [0, 0.05) is 44.3 Å². The number of rotatable bonds is 12. The van der Waals surface area contributed by atoms with Gasteiger partial charge in [0.15, 0.2) is 0 Å². The lowest BCUT2D eigenvalue weighted by atomic mass is 9.85. The number of nitrogens with one attached hydrogen (secondary N) is 1. The minimum atomic E-state index is -3.87. The summed E-state index contributed by atoms with van der Waals surface area (Å²) in [6.07, 6.45) is 15.3. The Hall–Kier alpha value is -1.90. The maximum atomic E-state index is 13.9. The zero-order valence-electron chi connectivity index (χ0n) is 30.8. The van der Waals surface area contributed by atoms with Crippen LogP contribution in [0.15, 0.2) is 46.2 Å². The fourth-order valence-electron chi connectivity index (χ4n) is 10.0. The smallest absolute Gasteiger partial charge is 0.240 e. The predicted molar refractivity (Wildman–Crippen MR) is 202 cm³/mol. The molecule has 2 aromatic rings. The first-order valence-electron chi connectivity index (χ1n) is 19.7. The normalized spacial score (nSPS) is 27.5. The van der Waals surface area contributed by atoms with Crippen LogP contribution in [0.1, 0.15) is 112 Å². The number of fused-ring (bicyclic) bond motifs is 2. The first-order valence-corrected chi connectivity index (χ1v) is 22.7. The van der Waals surface area contributed by atoms with Crippen molar-refractivity contribution in [3.63, 3.8) is 0 Å². The molecule has 1 aliphatic carbocycles. The summed E-state index contributed by atoms with van der Waals surface area (Å²) in [6, 6.07) is 12.2. The van der Waals surface area contributed by atoms with Crippen LogP contribution in [0.3, 0.4) is 0 Å². The number of likely N-dealkylation sites (tertiary alicyclic amines) is 2. The summed E-state index contributed by atoms with van der Waals surface area (Å²) < 4.78 is 56.0. The molecule has 0 radical (unpaired) electrons. The van der Waals surface area contributed by atoms with Gasteiger partial charge in [-0.15, -0.1) is 0 Å². The van der Waals surface area contributed by atoms with Crippen molar-refractivity contribution in [3.05, 3.63) is 58.7 Å². The standard InChI is InChI=1S/C39H60N6O4S2/c1-42-22-6-10-32(42)14-17-38-36-26-34(50(40,46)47)15-12-30(36)20-25-45(38)39-37-27-35(51(48,49)41-21-18-33-11-7-23-43(33)2)16-13-31(37)19-24-44(39)28-29-8-4-3-5-9-29/h12-13,15-16,26-27,29,32-33,38-39,41H,3-11,14,17-25,28H2,1-2H3,(H2,40,46,47)/t32-,33-,38?,39?/m0/s1. The molecule has 2 aromatic carbocycles. The molecule has 51 heavy (non-hydrogen) atoms.